The van der Waals surface area contributed by atoms with Gasteiger partial charge in [0.2, 0.25) is 17.8 Å². The number of esters is 6. The lowest BCUT2D eigenvalue weighted by molar-refractivity contribution is -0.385. The molecule has 135 heavy (non-hydrogen) atoms. The number of aryl methyl sites for hydroxylation is 2. The highest BCUT2D eigenvalue weighted by Gasteiger charge is 2.36. The molecule has 5 N–H and O–H groups in total. The number of aromatic hydroxyl groups is 1. The first-order valence-corrected chi connectivity index (χ1v) is 42.8. The lowest BCUT2D eigenvalue weighted by Gasteiger charge is -2.25. The number of nitro benzene ring substituents is 2. The number of amides is 1. The maximum atomic E-state index is 12.0. The third-order valence-corrected chi connectivity index (χ3v) is 19.8. The van der Waals surface area contributed by atoms with E-state index in [-0.39, 0.29) is 200 Å². The summed E-state index contributed by atoms with van der Waals surface area (Å²) in [6.45, 7) is 15.1. The highest BCUT2D eigenvalue weighted by molar-refractivity contribution is 6.04. The fourth-order valence-electron chi connectivity index (χ4n) is 13.8. The average Bonchev–Trinajstić information content (AvgIpc) is 0.808. The van der Waals surface area contributed by atoms with Crippen LogP contribution in [-0.2, 0) is 74.8 Å². The zero-order valence-electron chi connectivity index (χ0n) is 75.1. The molecule has 1 amide bonds. The number of non-ortho nitro benzene ring substituents is 2. The van der Waals surface area contributed by atoms with E-state index in [0.29, 0.717) is 71.0 Å². The fourth-order valence-corrected chi connectivity index (χ4v) is 13.8. The molecule has 716 valence electrons. The van der Waals surface area contributed by atoms with Crippen LogP contribution in [0.25, 0.3) is 11.0 Å². The van der Waals surface area contributed by atoms with Crippen molar-refractivity contribution in [2.75, 3.05) is 50.7 Å². The van der Waals surface area contributed by atoms with E-state index in [1.54, 1.807) is 145 Å². The number of nitrogens with zero attached hydrogens (tertiary/aromatic N) is 2. The topological polar surface area (TPSA) is 528 Å². The van der Waals surface area contributed by atoms with E-state index in [2.05, 4.69) is 5.32 Å². The summed E-state index contributed by atoms with van der Waals surface area (Å²) < 4.78 is 67.6. The number of halogens is 1. The van der Waals surface area contributed by atoms with Crippen LogP contribution in [0, 0.1) is 20.2 Å². The summed E-state index contributed by atoms with van der Waals surface area (Å²) in [5.74, 6) is -1.12. The molecule has 0 bridgehead atoms. The van der Waals surface area contributed by atoms with Gasteiger partial charge in [-0.3, -0.25) is 77.8 Å². The predicted molar refractivity (Wildman–Crippen MR) is 487 cm³/mol. The summed E-state index contributed by atoms with van der Waals surface area (Å²) in [4.78, 5) is 180. The molecule has 0 aliphatic carbocycles. The van der Waals surface area contributed by atoms with Crippen molar-refractivity contribution in [2.24, 2.45) is 0 Å². The van der Waals surface area contributed by atoms with Crippen molar-refractivity contribution in [3.63, 3.8) is 0 Å². The minimum Gasteiger partial charge on any atom is -0.507 e. The second-order valence-corrected chi connectivity index (χ2v) is 29.8. The van der Waals surface area contributed by atoms with E-state index in [1.165, 1.54) is 56.3 Å². The van der Waals surface area contributed by atoms with Crippen molar-refractivity contribution in [3.8, 4) is 40.2 Å². The SMILES string of the molecule is CC(=O)Nc1ccc2c(c1)CC[C@@H](CC(=O)O)O2.CC(=O)c1ccccc1O.CCOC(=O)C1CC(=O)c2ccccc2O1.CCOC(=O)CC1CC(=O)c2cc([N+](=O)[O-])ccc2O1.CCOC(=O)CC1CC(=O)c2ccccc2O1.CCOC(=O)C[C@@H]1CC(=O)c2cc([N+](=O)[O-])ccc2O1.CCOC(=O)C[C@@H]1CCc2cc(N)ccc2O1.CCOC(=O)c1cc(=O)c2ccccc2o1.Cl. The number of nitro groups is 2. The largest absolute Gasteiger partial charge is 0.507 e. The van der Waals surface area contributed by atoms with Gasteiger partial charge in [0.25, 0.3) is 11.4 Å². The number of para-hydroxylation sites is 4. The van der Waals surface area contributed by atoms with Crippen LogP contribution in [0.4, 0.5) is 22.7 Å². The Morgan fingerprint density at radius 3 is 1.30 bits per heavy atom. The Bertz CT molecular complexity index is 5730. The number of hydrogen-bond acceptors (Lipinski definition) is 33. The second-order valence-electron chi connectivity index (χ2n) is 29.8. The molecule has 38 heteroatoms. The monoisotopic (exact) mass is 1890 g/mol. The first kappa shape index (κ1) is 107. The Morgan fingerprint density at radius 2 is 0.837 bits per heavy atom. The van der Waals surface area contributed by atoms with Gasteiger partial charge in [-0.1, -0.05) is 48.5 Å². The Kier molecular flexibility index (Phi) is 42.0. The van der Waals surface area contributed by atoms with Gasteiger partial charge in [-0.05, 0) is 182 Å². The standard InChI is InChI=1S/2C13H13NO6.C13H15NO4.C13H17NO3.C13H14O4.C12H12O4.C12H10O4.C8H8O2.ClH/c2*1-2-19-13(16)7-9-6-11(15)10-5-8(14(17)18)3-4-12(10)20-9;1-8(15)14-10-3-5-12-9(6-10)2-4-11(18-12)7-13(16)17;1-2-16-13(15)8-11-5-3-9-7-10(14)4-6-12(9)17-11;1-2-16-13(15)8-9-7-11(14)10-5-3-4-6-12(10)17-9;2*1-2-15-12(14)11-7-9(13)8-5-3-4-6-10(8)16-11;1-6(9)7-4-2-3-5-8(7)10;/h2*3-5,9H,2,6-7H2,1H3;3,5-6,11H,2,4,7H2,1H3,(H,14,15)(H,16,17);4,6-7,11H,2-3,5,8,14H2,1H3;3-6,9H,2,7-8H2,1H3;3-6,11H,2,7H2,1H3;3-7H,2H2,1H3;2-5,10H,1H3;1H/t9-;;2*11-;;;;;/m0.00...../s1. The summed E-state index contributed by atoms with van der Waals surface area (Å²) >= 11 is 0. The van der Waals surface area contributed by atoms with Gasteiger partial charge in [0.15, 0.2) is 34.3 Å². The number of anilines is 2. The highest BCUT2D eigenvalue weighted by atomic mass is 35.5. The maximum Gasteiger partial charge on any atom is 0.374 e. The van der Waals surface area contributed by atoms with Crippen molar-refractivity contribution in [3.05, 3.63) is 251 Å². The van der Waals surface area contributed by atoms with E-state index >= 15 is 0 Å². The fraction of sp³-hybridized carbons (Fsp3) is 0.340. The smallest absolute Gasteiger partial charge is 0.374 e. The Balaban J connectivity index is 0.000000211. The van der Waals surface area contributed by atoms with E-state index in [1.807, 2.05) is 24.3 Å². The van der Waals surface area contributed by atoms with Gasteiger partial charge in [-0.2, -0.15) is 0 Å². The third kappa shape index (κ3) is 33.1. The van der Waals surface area contributed by atoms with Crippen LogP contribution in [0.3, 0.4) is 0 Å². The third-order valence-electron chi connectivity index (χ3n) is 19.8. The van der Waals surface area contributed by atoms with Crippen molar-refractivity contribution in [1.29, 1.82) is 0 Å². The van der Waals surface area contributed by atoms with Crippen LogP contribution in [0.5, 0.6) is 40.2 Å². The number of carbonyl (C=O) groups excluding carboxylic acids is 12. The molecule has 37 nitrogen and oxygen atoms in total. The number of carbonyl (C=O) groups is 13. The number of benzene rings is 8. The Labute approximate surface area is 780 Å². The van der Waals surface area contributed by atoms with Crippen LogP contribution < -0.4 is 44.9 Å². The number of aliphatic carboxylic acids is 1. The van der Waals surface area contributed by atoms with Crippen molar-refractivity contribution >= 4 is 123 Å². The molecule has 9 aromatic rings. The number of nitrogens with two attached hydrogens (primary N) is 1. The number of ketones is 5. The van der Waals surface area contributed by atoms with Gasteiger partial charge in [0.05, 0.1) is 121 Å². The molecule has 8 aromatic carbocycles. The maximum absolute atomic E-state index is 12.0. The number of Topliss-reactive ketones (excluding diaryl/α,β-unsaturated/α-hetero) is 5. The van der Waals surface area contributed by atoms with Gasteiger partial charge < -0.3 is 82.5 Å². The molecule has 0 saturated carbocycles. The molecular formula is C97H103ClN4O33. The average molecular weight is 1890 g/mol. The Hall–Kier alpha value is -15.4. The molecule has 7 heterocycles. The van der Waals surface area contributed by atoms with Crippen LogP contribution in [-0.4, -0.2) is 173 Å². The number of phenolic OH excluding ortho intramolecular Hbond substituents is 1. The van der Waals surface area contributed by atoms with Crippen LogP contribution in [0.1, 0.15) is 199 Å². The van der Waals surface area contributed by atoms with Gasteiger partial charge in [0, 0.05) is 67.9 Å². The van der Waals surface area contributed by atoms with Gasteiger partial charge in [0.1, 0.15) is 76.3 Å². The molecule has 0 spiro atoms. The number of ether oxygens (including phenoxy) is 12. The molecule has 6 atom stereocenters. The number of rotatable bonds is 22. The van der Waals surface area contributed by atoms with Crippen LogP contribution >= 0.6 is 12.4 Å². The molecule has 3 unspecified atom stereocenters. The number of phenols is 1. The number of hydrogen-bond donors (Lipinski definition) is 4. The summed E-state index contributed by atoms with van der Waals surface area (Å²) in [5.41, 5.74) is 11.0. The Morgan fingerprint density at radius 1 is 0.437 bits per heavy atom. The van der Waals surface area contributed by atoms with E-state index in [9.17, 15) is 87.4 Å². The van der Waals surface area contributed by atoms with Gasteiger partial charge >= 0.3 is 41.8 Å². The summed E-state index contributed by atoms with van der Waals surface area (Å²) in [5, 5.41) is 42.3. The van der Waals surface area contributed by atoms with E-state index in [0.717, 1.165) is 53.6 Å². The number of carboxylic acids is 1. The van der Waals surface area contributed by atoms with Crippen LogP contribution in [0.2, 0.25) is 0 Å². The highest BCUT2D eigenvalue weighted by Crippen LogP contribution is 2.37. The zero-order valence-corrected chi connectivity index (χ0v) is 75.9. The normalized spacial score (nSPS) is 16.1. The molecule has 1 aromatic heterocycles. The van der Waals surface area contributed by atoms with Crippen LogP contribution in [0.15, 0.2) is 185 Å². The van der Waals surface area contributed by atoms with Gasteiger partial charge in [-0.25, -0.2) is 9.59 Å². The first-order valence-electron chi connectivity index (χ1n) is 42.8. The minimum atomic E-state index is -0.849. The van der Waals surface area contributed by atoms with Crippen molar-refractivity contribution in [2.45, 2.75) is 175 Å². The second kappa shape index (κ2) is 53.2. The summed E-state index contributed by atoms with van der Waals surface area (Å²) in [6.07, 6.45) is 1.16. The minimum absolute atomic E-state index is 0. The summed E-state index contributed by atoms with van der Waals surface area (Å²) in [6, 6.07) is 47.1. The quantitative estimate of drug-likeness (QED) is 0.0122. The number of nitrogens with one attached hydrogen (secondary N) is 1. The number of carboxylic acid groups (broad SMARTS) is 1. The molecule has 0 radical (unpaired) electrons. The van der Waals surface area contributed by atoms with E-state index < -0.39 is 64.1 Å². The van der Waals surface area contributed by atoms with Crippen molar-refractivity contribution < 1.29 is 144 Å². The number of nitrogen functional groups attached to an aromatic ring is 1. The first-order chi connectivity index (χ1) is 64.1. The van der Waals surface area contributed by atoms with Crippen molar-refractivity contribution in [1.82, 2.24) is 0 Å². The van der Waals surface area contributed by atoms with E-state index in [4.69, 9.17) is 77.2 Å². The molecule has 0 saturated heterocycles. The molecule has 6 aliphatic rings. The lowest BCUT2D eigenvalue weighted by Crippen LogP contribution is -2.35. The predicted octanol–water partition coefficient (Wildman–Crippen LogP) is 15.0. The molecule has 6 aliphatic heterocycles. The summed E-state index contributed by atoms with van der Waals surface area (Å²) in [7, 11) is 0. The number of fused-ring (bicyclic) bond motifs is 7. The van der Waals surface area contributed by atoms with Gasteiger partial charge in [-0.15, -0.1) is 12.4 Å². The zero-order chi connectivity index (χ0) is 97.7. The lowest BCUT2D eigenvalue weighted by atomic mass is 9.98. The molecular weight excluding hydrogens is 1780 g/mol. The molecule has 0 fully saturated rings. The molecule has 15 rings (SSSR count).